The van der Waals surface area contributed by atoms with Crippen LogP contribution < -0.4 is 5.32 Å². The molecule has 10 nitrogen and oxygen atoms in total. The number of carbonyl (C=O) groups is 3. The SMILES string of the molecule is O=C(O)CC[C@H](NC(=O)c1cnn(-c2ccccc2)c1)C(=O)N1CCS(=O)(=O)CC1. The summed E-state index contributed by atoms with van der Waals surface area (Å²) in [4.78, 5) is 37.8. The summed E-state index contributed by atoms with van der Waals surface area (Å²) in [6.45, 7) is 0.0408. The molecule has 1 aliphatic heterocycles. The first-order chi connectivity index (χ1) is 14.2. The van der Waals surface area contributed by atoms with Crippen LogP contribution in [0.15, 0.2) is 42.7 Å². The molecule has 1 saturated heterocycles. The van der Waals surface area contributed by atoms with Crippen molar-refractivity contribution in [3.63, 3.8) is 0 Å². The largest absolute Gasteiger partial charge is 0.481 e. The average molecular weight is 434 g/mol. The van der Waals surface area contributed by atoms with Crippen molar-refractivity contribution in [2.24, 2.45) is 0 Å². The van der Waals surface area contributed by atoms with Gasteiger partial charge < -0.3 is 15.3 Å². The average Bonchev–Trinajstić information content (AvgIpc) is 3.21. The topological polar surface area (TPSA) is 139 Å². The van der Waals surface area contributed by atoms with Gasteiger partial charge >= 0.3 is 5.97 Å². The molecule has 160 valence electrons. The van der Waals surface area contributed by atoms with E-state index in [0.29, 0.717) is 0 Å². The highest BCUT2D eigenvalue weighted by Crippen LogP contribution is 2.11. The van der Waals surface area contributed by atoms with Gasteiger partial charge in [0, 0.05) is 25.7 Å². The molecule has 0 radical (unpaired) electrons. The normalized spacial score (nSPS) is 16.6. The molecule has 11 heteroatoms. The fraction of sp³-hybridized carbons (Fsp3) is 0.368. The maximum Gasteiger partial charge on any atom is 0.303 e. The second-order valence-electron chi connectivity index (χ2n) is 6.94. The number of carboxylic acids is 1. The van der Waals surface area contributed by atoms with Crippen molar-refractivity contribution in [2.45, 2.75) is 18.9 Å². The Bertz CT molecular complexity index is 1020. The summed E-state index contributed by atoms with van der Waals surface area (Å²) < 4.78 is 24.7. The number of rotatable bonds is 7. The van der Waals surface area contributed by atoms with Crippen molar-refractivity contribution >= 4 is 27.6 Å². The van der Waals surface area contributed by atoms with Crippen LogP contribution in [0.2, 0.25) is 0 Å². The summed E-state index contributed by atoms with van der Waals surface area (Å²) >= 11 is 0. The van der Waals surface area contributed by atoms with E-state index in [9.17, 15) is 22.8 Å². The van der Waals surface area contributed by atoms with Crippen molar-refractivity contribution in [2.75, 3.05) is 24.6 Å². The molecule has 1 aromatic heterocycles. The van der Waals surface area contributed by atoms with E-state index < -0.39 is 33.7 Å². The number of carbonyl (C=O) groups excluding carboxylic acids is 2. The van der Waals surface area contributed by atoms with Crippen LogP contribution in [-0.4, -0.2) is 76.6 Å². The highest BCUT2D eigenvalue weighted by atomic mass is 32.2. The summed E-state index contributed by atoms with van der Waals surface area (Å²) in [5.74, 6) is -2.45. The third-order valence-corrected chi connectivity index (χ3v) is 6.38. The Balaban J connectivity index is 1.71. The molecule has 0 unspecified atom stereocenters. The second-order valence-corrected chi connectivity index (χ2v) is 9.25. The van der Waals surface area contributed by atoms with Crippen LogP contribution in [0, 0.1) is 0 Å². The van der Waals surface area contributed by atoms with Crippen LogP contribution in [0.4, 0.5) is 0 Å². The minimum Gasteiger partial charge on any atom is -0.481 e. The van der Waals surface area contributed by atoms with Crippen LogP contribution in [0.5, 0.6) is 0 Å². The molecule has 0 bridgehead atoms. The number of carboxylic acid groups (broad SMARTS) is 1. The fourth-order valence-electron chi connectivity index (χ4n) is 3.08. The number of amides is 2. The molecular weight excluding hydrogens is 412 g/mol. The zero-order chi connectivity index (χ0) is 21.7. The summed E-state index contributed by atoms with van der Waals surface area (Å²) in [5.41, 5.74) is 0.970. The lowest BCUT2D eigenvalue weighted by Gasteiger charge is -2.30. The maximum absolute atomic E-state index is 12.8. The number of benzene rings is 1. The highest BCUT2D eigenvalue weighted by Gasteiger charge is 2.31. The van der Waals surface area contributed by atoms with E-state index >= 15 is 0 Å². The number of para-hydroxylation sites is 1. The fourth-order valence-corrected chi connectivity index (χ4v) is 4.28. The molecule has 0 aliphatic carbocycles. The Morgan fingerprint density at radius 1 is 1.13 bits per heavy atom. The maximum atomic E-state index is 12.8. The molecule has 2 N–H and O–H groups in total. The lowest BCUT2D eigenvalue weighted by molar-refractivity contribution is -0.138. The van der Waals surface area contributed by atoms with Crippen molar-refractivity contribution in [1.29, 1.82) is 0 Å². The van der Waals surface area contributed by atoms with Crippen molar-refractivity contribution < 1.29 is 27.9 Å². The summed E-state index contributed by atoms with van der Waals surface area (Å²) in [6.07, 6.45) is 2.45. The van der Waals surface area contributed by atoms with E-state index in [0.717, 1.165) is 5.69 Å². The van der Waals surface area contributed by atoms with Gasteiger partial charge in [-0.15, -0.1) is 0 Å². The summed E-state index contributed by atoms with van der Waals surface area (Å²) in [5, 5.41) is 15.7. The van der Waals surface area contributed by atoms with Crippen LogP contribution in [0.3, 0.4) is 0 Å². The molecule has 2 amide bonds. The van der Waals surface area contributed by atoms with Crippen LogP contribution in [0.1, 0.15) is 23.2 Å². The van der Waals surface area contributed by atoms with Gasteiger partial charge in [0.1, 0.15) is 6.04 Å². The van der Waals surface area contributed by atoms with Gasteiger partial charge in [-0.25, -0.2) is 13.1 Å². The second kappa shape index (κ2) is 9.08. The van der Waals surface area contributed by atoms with E-state index in [4.69, 9.17) is 5.11 Å². The Kier molecular flexibility index (Phi) is 6.50. The van der Waals surface area contributed by atoms with Gasteiger partial charge in [0.2, 0.25) is 5.91 Å². The first-order valence-corrected chi connectivity index (χ1v) is 11.2. The van der Waals surface area contributed by atoms with Gasteiger partial charge in [0.25, 0.3) is 5.91 Å². The van der Waals surface area contributed by atoms with Gasteiger partial charge in [-0.05, 0) is 18.6 Å². The van der Waals surface area contributed by atoms with E-state index in [1.807, 2.05) is 30.3 Å². The molecule has 0 saturated carbocycles. The minimum atomic E-state index is -3.18. The number of aliphatic carboxylic acids is 1. The number of nitrogens with zero attached hydrogens (tertiary/aromatic N) is 3. The zero-order valence-corrected chi connectivity index (χ0v) is 16.9. The Labute approximate surface area is 173 Å². The van der Waals surface area contributed by atoms with Crippen LogP contribution in [-0.2, 0) is 19.4 Å². The molecule has 2 aromatic rings. The smallest absolute Gasteiger partial charge is 0.303 e. The quantitative estimate of drug-likeness (QED) is 0.630. The van der Waals surface area contributed by atoms with Gasteiger partial charge in [-0.3, -0.25) is 14.4 Å². The molecule has 3 rings (SSSR count). The first kappa shape index (κ1) is 21.5. The summed E-state index contributed by atoms with van der Waals surface area (Å²) in [7, 11) is -3.18. The van der Waals surface area contributed by atoms with Crippen molar-refractivity contribution in [3.8, 4) is 5.69 Å². The molecular formula is C19H22N4O6S. The number of hydrogen-bond donors (Lipinski definition) is 2. The third kappa shape index (κ3) is 5.44. The Morgan fingerprint density at radius 2 is 1.80 bits per heavy atom. The highest BCUT2D eigenvalue weighted by molar-refractivity contribution is 7.91. The number of aromatic nitrogens is 2. The third-order valence-electron chi connectivity index (χ3n) is 4.77. The Morgan fingerprint density at radius 3 is 2.43 bits per heavy atom. The van der Waals surface area contributed by atoms with Gasteiger partial charge in [-0.2, -0.15) is 5.10 Å². The number of hydrogen-bond acceptors (Lipinski definition) is 6. The van der Waals surface area contributed by atoms with Crippen LogP contribution in [0.25, 0.3) is 5.69 Å². The molecule has 0 spiro atoms. The Hall–Kier alpha value is -3.21. The molecule has 1 aromatic carbocycles. The van der Waals surface area contributed by atoms with Crippen LogP contribution >= 0.6 is 0 Å². The van der Waals surface area contributed by atoms with Gasteiger partial charge in [0.05, 0.1) is 29.0 Å². The first-order valence-electron chi connectivity index (χ1n) is 9.37. The lowest BCUT2D eigenvalue weighted by Crippen LogP contribution is -2.53. The van der Waals surface area contributed by atoms with Crippen molar-refractivity contribution in [3.05, 3.63) is 48.3 Å². The van der Waals surface area contributed by atoms with E-state index in [-0.39, 0.29) is 43.0 Å². The predicted octanol–water partition coefficient (Wildman–Crippen LogP) is 0.0925. The molecule has 1 aliphatic rings. The zero-order valence-electron chi connectivity index (χ0n) is 16.1. The van der Waals surface area contributed by atoms with E-state index in [1.54, 1.807) is 0 Å². The lowest BCUT2D eigenvalue weighted by atomic mass is 10.1. The minimum absolute atomic E-state index is 0.0204. The summed E-state index contributed by atoms with van der Waals surface area (Å²) in [6, 6.07) is 8.07. The molecule has 30 heavy (non-hydrogen) atoms. The van der Waals surface area contributed by atoms with E-state index in [2.05, 4.69) is 10.4 Å². The number of nitrogens with one attached hydrogen (secondary N) is 1. The standard InChI is InChI=1S/C19H22N4O6S/c24-17(25)7-6-16(19(27)22-8-10-30(28,29)11-9-22)21-18(26)14-12-20-23(13-14)15-4-2-1-3-5-15/h1-5,12-13,16H,6-11H2,(H,21,26)(H,24,25)/t16-/m0/s1. The molecule has 1 atom stereocenters. The van der Waals surface area contributed by atoms with Crippen molar-refractivity contribution in [1.82, 2.24) is 20.0 Å². The van der Waals surface area contributed by atoms with Gasteiger partial charge in [0.15, 0.2) is 9.84 Å². The van der Waals surface area contributed by atoms with Gasteiger partial charge in [-0.1, -0.05) is 18.2 Å². The predicted molar refractivity (Wildman–Crippen MR) is 107 cm³/mol. The monoisotopic (exact) mass is 434 g/mol. The van der Waals surface area contributed by atoms with E-state index in [1.165, 1.54) is 22.0 Å². The molecule has 1 fully saturated rings. The number of sulfone groups is 1. The molecule has 2 heterocycles.